The molecule has 0 heterocycles. The van der Waals surface area contributed by atoms with Crippen molar-refractivity contribution in [1.82, 2.24) is 0 Å². The Morgan fingerprint density at radius 1 is 1.00 bits per heavy atom. The van der Waals surface area contributed by atoms with E-state index in [-0.39, 0.29) is 0 Å². The molecule has 0 aliphatic heterocycles. The van der Waals surface area contributed by atoms with Gasteiger partial charge in [-0.3, -0.25) is 0 Å². The maximum atomic E-state index is 4.06. The highest BCUT2D eigenvalue weighted by molar-refractivity contribution is 5.56. The molecule has 0 unspecified atom stereocenters. The minimum Gasteiger partial charge on any atom is -0.0955 e. The summed E-state index contributed by atoms with van der Waals surface area (Å²) in [5.74, 6) is 0. The van der Waals surface area contributed by atoms with Gasteiger partial charge in [0, 0.05) is 0 Å². The summed E-state index contributed by atoms with van der Waals surface area (Å²) in [5.41, 5.74) is 6.28. The lowest BCUT2D eigenvalue weighted by atomic mass is 9.90. The number of allylic oxidation sites excluding steroid dienone is 9. The van der Waals surface area contributed by atoms with Gasteiger partial charge in [0.2, 0.25) is 0 Å². The van der Waals surface area contributed by atoms with Crippen LogP contribution < -0.4 is 0 Å². The molecular weight excluding hydrogens is 192 g/mol. The lowest BCUT2D eigenvalue weighted by molar-refractivity contribution is 1.22. The summed E-state index contributed by atoms with van der Waals surface area (Å²) in [5, 5.41) is 0. The molecule has 0 aromatic heterocycles. The molecule has 0 heteroatoms. The first-order valence-corrected chi connectivity index (χ1v) is 5.75. The summed E-state index contributed by atoms with van der Waals surface area (Å²) < 4.78 is 0. The molecule has 0 N–H and O–H groups in total. The van der Waals surface area contributed by atoms with Crippen molar-refractivity contribution in [2.24, 2.45) is 0 Å². The zero-order valence-corrected chi connectivity index (χ0v) is 11.5. The highest BCUT2D eigenvalue weighted by Crippen LogP contribution is 2.27. The molecule has 0 aliphatic carbocycles. The predicted molar refractivity (Wildman–Crippen MR) is 75.5 cm³/mol. The first kappa shape index (κ1) is 14.7. The number of rotatable bonds is 4. The van der Waals surface area contributed by atoms with Gasteiger partial charge in [-0.1, -0.05) is 42.0 Å². The molecule has 0 fully saturated rings. The van der Waals surface area contributed by atoms with Crippen LogP contribution in [0, 0.1) is 0 Å². The van der Waals surface area contributed by atoms with E-state index >= 15 is 0 Å². The molecule has 0 spiro atoms. The molecule has 0 saturated carbocycles. The van der Waals surface area contributed by atoms with E-state index in [1.165, 1.54) is 22.3 Å². The minimum absolute atomic E-state index is 1.13. The van der Waals surface area contributed by atoms with Gasteiger partial charge in [0.15, 0.2) is 0 Å². The second-order valence-electron chi connectivity index (χ2n) is 4.23. The molecule has 0 aromatic carbocycles. The van der Waals surface area contributed by atoms with Crippen LogP contribution in [0.15, 0.2) is 58.7 Å². The Kier molecular flexibility index (Phi) is 6.48. The maximum Gasteiger partial charge on any atom is -0.0175 e. The van der Waals surface area contributed by atoms with Crippen LogP contribution in [0.1, 0.15) is 41.5 Å². The molecule has 0 nitrogen and oxygen atoms in total. The Morgan fingerprint density at radius 3 is 1.88 bits per heavy atom. The van der Waals surface area contributed by atoms with E-state index in [0.717, 1.165) is 5.57 Å². The summed E-state index contributed by atoms with van der Waals surface area (Å²) in [6.45, 7) is 16.6. The quantitative estimate of drug-likeness (QED) is 0.554. The maximum absolute atomic E-state index is 4.06. The van der Waals surface area contributed by atoms with Gasteiger partial charge in [-0.2, -0.15) is 0 Å². The van der Waals surface area contributed by atoms with Crippen LogP contribution in [0.3, 0.4) is 0 Å². The van der Waals surface area contributed by atoms with Crippen molar-refractivity contribution < 1.29 is 0 Å². The fourth-order valence-electron chi connectivity index (χ4n) is 1.83. The Hall–Kier alpha value is -1.30. The van der Waals surface area contributed by atoms with Gasteiger partial charge in [0.25, 0.3) is 0 Å². The SMILES string of the molecule is C=C(C)C(=C(C)C)C(=C\C)/C(C)=C/C=C\C. The van der Waals surface area contributed by atoms with Crippen molar-refractivity contribution in [3.05, 3.63) is 58.7 Å². The van der Waals surface area contributed by atoms with Crippen LogP contribution in [0.2, 0.25) is 0 Å². The highest BCUT2D eigenvalue weighted by atomic mass is 14.1. The van der Waals surface area contributed by atoms with Gasteiger partial charge < -0.3 is 0 Å². The standard InChI is InChI=1S/C16H24/c1-8-10-11-14(7)15(9-2)16(12(3)4)13(5)6/h8-11H,3H2,1-2,4-7H3/b10-8-,14-11+,15-9-. The smallest absolute Gasteiger partial charge is 0.0175 e. The second-order valence-corrected chi connectivity index (χ2v) is 4.23. The van der Waals surface area contributed by atoms with Gasteiger partial charge in [0.05, 0.1) is 0 Å². The summed E-state index contributed by atoms with van der Waals surface area (Å²) in [7, 11) is 0. The van der Waals surface area contributed by atoms with Crippen molar-refractivity contribution in [3.63, 3.8) is 0 Å². The van der Waals surface area contributed by atoms with Gasteiger partial charge in [0.1, 0.15) is 0 Å². The van der Waals surface area contributed by atoms with E-state index in [4.69, 9.17) is 0 Å². The normalized spacial score (nSPS) is 13.1. The Balaban J connectivity index is 5.48. The lowest BCUT2D eigenvalue weighted by Crippen LogP contribution is -1.95. The van der Waals surface area contributed by atoms with Crippen LogP contribution in [0.25, 0.3) is 0 Å². The third-order valence-electron chi connectivity index (χ3n) is 2.45. The molecule has 0 aliphatic rings. The van der Waals surface area contributed by atoms with Gasteiger partial charge in [-0.15, -0.1) is 0 Å². The molecule has 0 saturated heterocycles. The predicted octanol–water partition coefficient (Wildman–Crippen LogP) is 5.37. The third-order valence-corrected chi connectivity index (χ3v) is 2.45. The first-order chi connectivity index (χ1) is 7.45. The fraction of sp³-hybridized carbons (Fsp3) is 0.375. The van der Waals surface area contributed by atoms with Crippen LogP contribution in [0.4, 0.5) is 0 Å². The molecule has 0 aromatic rings. The third kappa shape index (κ3) is 4.06. The van der Waals surface area contributed by atoms with Gasteiger partial charge >= 0.3 is 0 Å². The molecule has 88 valence electrons. The Labute approximate surface area is 101 Å². The lowest BCUT2D eigenvalue weighted by Gasteiger charge is -2.14. The largest absolute Gasteiger partial charge is 0.0955 e. The molecule has 16 heavy (non-hydrogen) atoms. The van der Waals surface area contributed by atoms with E-state index in [0.29, 0.717) is 0 Å². The van der Waals surface area contributed by atoms with Crippen LogP contribution >= 0.6 is 0 Å². The summed E-state index contributed by atoms with van der Waals surface area (Å²) in [6.07, 6.45) is 8.41. The molecule has 0 radical (unpaired) electrons. The minimum atomic E-state index is 1.13. The van der Waals surface area contributed by atoms with Crippen molar-refractivity contribution in [2.45, 2.75) is 41.5 Å². The zero-order valence-electron chi connectivity index (χ0n) is 11.5. The van der Waals surface area contributed by atoms with Crippen molar-refractivity contribution >= 4 is 0 Å². The topological polar surface area (TPSA) is 0 Å². The zero-order chi connectivity index (χ0) is 12.7. The first-order valence-electron chi connectivity index (χ1n) is 5.75. The van der Waals surface area contributed by atoms with E-state index in [1.807, 2.05) is 13.0 Å². The number of hydrogen-bond donors (Lipinski definition) is 0. The van der Waals surface area contributed by atoms with Crippen LogP contribution in [-0.2, 0) is 0 Å². The summed E-state index contributed by atoms with van der Waals surface area (Å²) >= 11 is 0. The van der Waals surface area contributed by atoms with E-state index in [1.54, 1.807) is 0 Å². The Bertz CT molecular complexity index is 367. The number of hydrogen-bond acceptors (Lipinski definition) is 0. The average Bonchev–Trinajstić information content (AvgIpc) is 2.20. The molecular formula is C16H24. The Morgan fingerprint density at radius 2 is 1.56 bits per heavy atom. The highest BCUT2D eigenvalue weighted by Gasteiger charge is 2.08. The molecule has 0 bridgehead atoms. The second kappa shape index (κ2) is 7.05. The average molecular weight is 216 g/mol. The van der Waals surface area contributed by atoms with Crippen molar-refractivity contribution in [3.8, 4) is 0 Å². The van der Waals surface area contributed by atoms with Gasteiger partial charge in [-0.05, 0) is 58.3 Å². The monoisotopic (exact) mass is 216 g/mol. The van der Waals surface area contributed by atoms with Gasteiger partial charge in [-0.25, -0.2) is 0 Å². The van der Waals surface area contributed by atoms with Crippen molar-refractivity contribution in [1.29, 1.82) is 0 Å². The molecule has 0 rings (SSSR count). The van der Waals surface area contributed by atoms with Crippen molar-refractivity contribution in [2.75, 3.05) is 0 Å². The fourth-order valence-corrected chi connectivity index (χ4v) is 1.83. The molecule has 0 atom stereocenters. The summed E-state index contributed by atoms with van der Waals surface area (Å²) in [6, 6.07) is 0. The van der Waals surface area contributed by atoms with E-state index in [2.05, 4.69) is 59.4 Å². The van der Waals surface area contributed by atoms with Crippen LogP contribution in [-0.4, -0.2) is 0 Å². The van der Waals surface area contributed by atoms with E-state index in [9.17, 15) is 0 Å². The van der Waals surface area contributed by atoms with Crippen LogP contribution in [0.5, 0.6) is 0 Å². The molecule has 0 amide bonds. The summed E-state index contributed by atoms with van der Waals surface area (Å²) in [4.78, 5) is 0. The van der Waals surface area contributed by atoms with E-state index < -0.39 is 0 Å².